The molecule has 0 heterocycles. The predicted molar refractivity (Wildman–Crippen MR) is 53.9 cm³/mol. The van der Waals surface area contributed by atoms with Gasteiger partial charge < -0.3 is 0 Å². The minimum Gasteiger partial charge on any atom is -0.165 e. The first-order valence-corrected chi connectivity index (χ1v) is 5.70. The van der Waals surface area contributed by atoms with E-state index in [1.54, 1.807) is 0 Å². The van der Waals surface area contributed by atoms with E-state index in [4.69, 9.17) is 0 Å². The Bertz CT molecular complexity index is 145. The van der Waals surface area contributed by atoms with Crippen LogP contribution in [0.4, 0.5) is 3.89 Å². The van der Waals surface area contributed by atoms with Crippen molar-refractivity contribution < 1.29 is 3.89 Å². The first-order valence-electron chi connectivity index (χ1n) is 4.81. The zero-order valence-corrected chi connectivity index (χ0v) is 9.09. The average molecular weight is 190 g/mol. The van der Waals surface area contributed by atoms with Crippen molar-refractivity contribution in [2.75, 3.05) is 5.75 Å². The average Bonchev–Trinajstić information content (AvgIpc) is 1.97. The molecule has 12 heavy (non-hydrogen) atoms. The van der Waals surface area contributed by atoms with Gasteiger partial charge in [0.1, 0.15) is 0 Å². The summed E-state index contributed by atoms with van der Waals surface area (Å²) in [6.45, 7) is 6.83. The molecule has 1 aliphatic carbocycles. The lowest BCUT2D eigenvalue weighted by Gasteiger charge is -2.42. The van der Waals surface area contributed by atoms with Gasteiger partial charge in [-0.05, 0) is 23.7 Å². The van der Waals surface area contributed by atoms with E-state index < -0.39 is 0 Å². The first-order chi connectivity index (χ1) is 5.58. The minimum absolute atomic E-state index is 0.358. The Hall–Kier alpha value is 0.280. The van der Waals surface area contributed by atoms with Gasteiger partial charge in [0.2, 0.25) is 0 Å². The van der Waals surface area contributed by atoms with Gasteiger partial charge in [-0.1, -0.05) is 33.6 Å². The molecular formula is C10H19FS. The van der Waals surface area contributed by atoms with E-state index in [1.807, 2.05) is 0 Å². The summed E-state index contributed by atoms with van der Waals surface area (Å²) < 4.78 is 12.2. The molecule has 1 fully saturated rings. The van der Waals surface area contributed by atoms with Crippen LogP contribution in [-0.2, 0) is 0 Å². The zero-order chi connectivity index (χ0) is 9.19. The zero-order valence-electron chi connectivity index (χ0n) is 8.27. The van der Waals surface area contributed by atoms with E-state index in [2.05, 4.69) is 20.8 Å². The molecule has 0 N–H and O–H groups in total. The molecule has 1 saturated carbocycles. The normalized spacial score (nSPS) is 35.0. The molecule has 2 atom stereocenters. The molecule has 0 saturated heterocycles. The van der Waals surface area contributed by atoms with Crippen LogP contribution in [0.3, 0.4) is 0 Å². The molecule has 1 aliphatic rings. The van der Waals surface area contributed by atoms with Gasteiger partial charge in [-0.2, -0.15) is 3.89 Å². The van der Waals surface area contributed by atoms with Crippen molar-refractivity contribution in [2.24, 2.45) is 17.3 Å². The molecule has 0 aromatic carbocycles. The number of rotatable bonds is 2. The Morgan fingerprint density at radius 3 is 2.67 bits per heavy atom. The Morgan fingerprint density at radius 1 is 1.50 bits per heavy atom. The molecule has 1 rings (SSSR count). The summed E-state index contributed by atoms with van der Waals surface area (Å²) in [5.74, 6) is 1.96. The fourth-order valence-corrected chi connectivity index (χ4v) is 3.41. The van der Waals surface area contributed by atoms with Crippen molar-refractivity contribution in [3.8, 4) is 0 Å². The third kappa shape index (κ3) is 2.15. The van der Waals surface area contributed by atoms with Crippen molar-refractivity contribution in [3.05, 3.63) is 0 Å². The van der Waals surface area contributed by atoms with Crippen molar-refractivity contribution in [1.82, 2.24) is 0 Å². The molecule has 72 valence electrons. The largest absolute Gasteiger partial charge is 0.165 e. The number of hydrogen-bond acceptors (Lipinski definition) is 1. The van der Waals surface area contributed by atoms with Crippen molar-refractivity contribution in [1.29, 1.82) is 0 Å². The predicted octanol–water partition coefficient (Wildman–Crippen LogP) is 4.07. The highest BCUT2D eigenvalue weighted by Gasteiger charge is 2.36. The summed E-state index contributed by atoms with van der Waals surface area (Å²) >= 11 is 0.514. The van der Waals surface area contributed by atoms with Gasteiger partial charge >= 0.3 is 0 Å². The van der Waals surface area contributed by atoms with Gasteiger partial charge in [-0.3, -0.25) is 0 Å². The summed E-state index contributed by atoms with van der Waals surface area (Å²) in [7, 11) is 0. The van der Waals surface area contributed by atoms with Crippen molar-refractivity contribution >= 4 is 12.1 Å². The second-order valence-corrected chi connectivity index (χ2v) is 5.29. The Balaban J connectivity index is 2.60. The van der Waals surface area contributed by atoms with Gasteiger partial charge in [0, 0.05) is 17.9 Å². The maximum atomic E-state index is 12.2. The summed E-state index contributed by atoms with van der Waals surface area (Å²) in [5.41, 5.74) is 0.358. The molecular weight excluding hydrogens is 171 g/mol. The topological polar surface area (TPSA) is 0 Å². The Labute approximate surface area is 79.6 Å². The van der Waals surface area contributed by atoms with E-state index in [9.17, 15) is 3.89 Å². The van der Waals surface area contributed by atoms with Crippen LogP contribution in [0.15, 0.2) is 0 Å². The third-order valence-electron chi connectivity index (χ3n) is 3.41. The monoisotopic (exact) mass is 190 g/mol. The molecule has 0 bridgehead atoms. The van der Waals surface area contributed by atoms with E-state index in [0.717, 1.165) is 0 Å². The minimum atomic E-state index is 0.358. The van der Waals surface area contributed by atoms with E-state index in [-0.39, 0.29) is 0 Å². The SMILES string of the molecule is C[C@H]1CCCC(C)(C)[C@@H]1CSF. The summed E-state index contributed by atoms with van der Waals surface area (Å²) in [4.78, 5) is 0. The number of hydrogen-bond donors (Lipinski definition) is 0. The van der Waals surface area contributed by atoms with Crippen LogP contribution in [0.5, 0.6) is 0 Å². The quantitative estimate of drug-likeness (QED) is 0.632. The molecule has 0 spiro atoms. The highest BCUT2D eigenvalue weighted by molar-refractivity contribution is 7.94. The van der Waals surface area contributed by atoms with Crippen LogP contribution in [0.25, 0.3) is 0 Å². The molecule has 0 amide bonds. The highest BCUT2D eigenvalue weighted by atomic mass is 32.2. The smallest absolute Gasteiger partial charge is 0.0446 e. The number of halogens is 1. The lowest BCUT2D eigenvalue weighted by molar-refractivity contribution is 0.103. The first kappa shape index (κ1) is 10.4. The molecule has 0 radical (unpaired) electrons. The fourth-order valence-electron chi connectivity index (χ4n) is 2.49. The summed E-state index contributed by atoms with van der Waals surface area (Å²) in [6, 6.07) is 0. The molecule has 2 heteroatoms. The summed E-state index contributed by atoms with van der Waals surface area (Å²) in [6.07, 6.45) is 3.87. The van der Waals surface area contributed by atoms with Crippen molar-refractivity contribution in [2.45, 2.75) is 40.0 Å². The van der Waals surface area contributed by atoms with Gasteiger partial charge in [0.25, 0.3) is 0 Å². The van der Waals surface area contributed by atoms with Crippen LogP contribution >= 0.6 is 12.1 Å². The lowest BCUT2D eigenvalue weighted by atomic mass is 9.65. The fraction of sp³-hybridized carbons (Fsp3) is 1.00. The standard InChI is InChI=1S/C10H19FS/c1-8-5-4-6-10(2,3)9(8)7-12-11/h8-9H,4-7H2,1-3H3/t8-,9+/m0/s1. The van der Waals surface area contributed by atoms with E-state index >= 15 is 0 Å². The van der Waals surface area contributed by atoms with Gasteiger partial charge in [0.05, 0.1) is 0 Å². The molecule has 0 aliphatic heterocycles. The molecule has 0 unspecified atom stereocenters. The maximum absolute atomic E-state index is 12.2. The van der Waals surface area contributed by atoms with E-state index in [0.29, 0.717) is 35.2 Å². The van der Waals surface area contributed by atoms with Crippen LogP contribution in [0, 0.1) is 17.3 Å². The molecule has 0 nitrogen and oxygen atoms in total. The second-order valence-electron chi connectivity index (χ2n) is 4.74. The Morgan fingerprint density at radius 2 is 2.17 bits per heavy atom. The highest BCUT2D eigenvalue weighted by Crippen LogP contribution is 2.45. The van der Waals surface area contributed by atoms with Gasteiger partial charge in [-0.15, -0.1) is 0 Å². The van der Waals surface area contributed by atoms with Crippen LogP contribution in [0.1, 0.15) is 40.0 Å². The van der Waals surface area contributed by atoms with Crippen LogP contribution < -0.4 is 0 Å². The molecule has 0 aromatic rings. The second kappa shape index (κ2) is 3.99. The van der Waals surface area contributed by atoms with Crippen LogP contribution in [-0.4, -0.2) is 5.75 Å². The molecule has 0 aromatic heterocycles. The Kier molecular flexibility index (Phi) is 3.45. The van der Waals surface area contributed by atoms with Crippen molar-refractivity contribution in [3.63, 3.8) is 0 Å². The van der Waals surface area contributed by atoms with Gasteiger partial charge in [-0.25, -0.2) is 0 Å². The summed E-state index contributed by atoms with van der Waals surface area (Å²) in [5, 5.41) is 0. The van der Waals surface area contributed by atoms with Crippen LogP contribution in [0.2, 0.25) is 0 Å². The van der Waals surface area contributed by atoms with Gasteiger partial charge in [0.15, 0.2) is 0 Å². The lowest BCUT2D eigenvalue weighted by Crippen LogP contribution is -2.35. The van der Waals surface area contributed by atoms with E-state index in [1.165, 1.54) is 19.3 Å². The maximum Gasteiger partial charge on any atom is 0.0446 e. The third-order valence-corrected chi connectivity index (χ3v) is 3.90.